The maximum Gasteiger partial charge on any atom is 2.00 e. The monoisotopic (exact) mass is 369 g/mol. The van der Waals surface area contributed by atoms with Crippen LogP contribution in [0.3, 0.4) is 0 Å². The maximum atomic E-state index is 8.33. The van der Waals surface area contributed by atoms with Crippen molar-refractivity contribution in [3.63, 3.8) is 0 Å². The third kappa shape index (κ3) is 17.4. The van der Waals surface area contributed by atoms with Gasteiger partial charge in [0, 0.05) is 58.3 Å². The van der Waals surface area contributed by atoms with E-state index in [-0.39, 0.29) is 17.1 Å². The van der Waals surface area contributed by atoms with Crippen LogP contribution in [0.5, 0.6) is 0 Å². The van der Waals surface area contributed by atoms with Gasteiger partial charge in [0.15, 0.2) is 0 Å². The molecule has 0 saturated carbocycles. The van der Waals surface area contributed by atoms with Gasteiger partial charge in [-0.3, -0.25) is 0 Å². The Kier molecular flexibility index (Phi) is 14.2. The molecular formula is C13H18CuN6O3. The van der Waals surface area contributed by atoms with E-state index in [4.69, 9.17) is 15.0 Å². The molecule has 3 aromatic rings. The van der Waals surface area contributed by atoms with Crippen molar-refractivity contribution in [2.24, 2.45) is 21.1 Å². The summed E-state index contributed by atoms with van der Waals surface area (Å²) >= 11 is 0. The van der Waals surface area contributed by atoms with Gasteiger partial charge in [0.1, 0.15) is 0 Å². The van der Waals surface area contributed by atoms with Crippen molar-refractivity contribution in [2.45, 2.75) is 0 Å². The first-order valence-corrected chi connectivity index (χ1v) is 6.05. The van der Waals surface area contributed by atoms with E-state index in [2.05, 4.69) is 15.0 Å². The number of hydrogen-bond acceptors (Lipinski definition) is 6. The van der Waals surface area contributed by atoms with E-state index < -0.39 is 6.16 Å². The van der Waals surface area contributed by atoms with Crippen molar-refractivity contribution in [2.75, 3.05) is 0 Å². The predicted molar refractivity (Wildman–Crippen MR) is 75.0 cm³/mol. The molecule has 0 aliphatic rings. The van der Waals surface area contributed by atoms with Gasteiger partial charge >= 0.3 is 17.1 Å². The van der Waals surface area contributed by atoms with Gasteiger partial charge < -0.3 is 28.7 Å². The van der Waals surface area contributed by atoms with E-state index >= 15 is 0 Å². The summed E-state index contributed by atoms with van der Waals surface area (Å²) < 4.78 is 5.67. The average molecular weight is 370 g/mol. The molecule has 10 heteroatoms. The first-order chi connectivity index (χ1) is 10.4. The normalized spacial score (nSPS) is 7.96. The number of aromatic nitrogens is 6. The number of carbonyl (C=O) groups is 1. The van der Waals surface area contributed by atoms with Crippen LogP contribution in [0.1, 0.15) is 0 Å². The molecule has 0 aliphatic carbocycles. The summed E-state index contributed by atoms with van der Waals surface area (Å²) in [6.45, 7) is 0. The van der Waals surface area contributed by atoms with Crippen molar-refractivity contribution in [3.05, 3.63) is 56.2 Å². The summed E-state index contributed by atoms with van der Waals surface area (Å²) in [4.78, 5) is 19.7. The number of nitrogens with zero attached hydrogens (tertiary/aromatic N) is 6. The summed E-state index contributed by atoms with van der Waals surface area (Å²) in [5, 5.41) is 16.7. The average Bonchev–Trinajstić information content (AvgIpc) is 3.15. The fourth-order valence-electron chi connectivity index (χ4n) is 0.977. The van der Waals surface area contributed by atoms with Crippen LogP contribution in [0.25, 0.3) is 0 Å². The molecule has 129 valence electrons. The third-order valence-corrected chi connectivity index (χ3v) is 1.91. The first kappa shape index (κ1) is 22.7. The van der Waals surface area contributed by atoms with Gasteiger partial charge in [0.05, 0.1) is 19.0 Å². The predicted octanol–water partition coefficient (Wildman–Crippen LogP) is -1.19. The number of rotatable bonds is 0. The minimum absolute atomic E-state index is 0. The number of hydrogen-bond donors (Lipinski definition) is 0. The summed E-state index contributed by atoms with van der Waals surface area (Å²) in [5.41, 5.74) is 0. The SMILES string of the molecule is Cn1ccnc1.Cn1ccnc1.Cn1ccnc1.O=C([O-])[O-].[Cu+2]. The second-order valence-electron chi connectivity index (χ2n) is 3.93. The van der Waals surface area contributed by atoms with Gasteiger partial charge in [-0.25, -0.2) is 15.0 Å². The van der Waals surface area contributed by atoms with E-state index in [9.17, 15) is 0 Å². The van der Waals surface area contributed by atoms with Crippen molar-refractivity contribution >= 4 is 6.16 Å². The molecule has 3 heterocycles. The summed E-state index contributed by atoms with van der Waals surface area (Å²) in [6, 6.07) is 0. The zero-order valence-electron chi connectivity index (χ0n) is 12.9. The van der Waals surface area contributed by atoms with Crippen LogP contribution < -0.4 is 10.2 Å². The van der Waals surface area contributed by atoms with Crippen LogP contribution in [0, 0.1) is 0 Å². The van der Waals surface area contributed by atoms with E-state index in [1.165, 1.54) is 0 Å². The smallest absolute Gasteiger partial charge is 0.652 e. The summed E-state index contributed by atoms with van der Waals surface area (Å²) in [7, 11) is 5.81. The Hall–Kier alpha value is -2.58. The molecule has 0 fully saturated rings. The molecule has 0 saturated heterocycles. The zero-order valence-corrected chi connectivity index (χ0v) is 13.8. The van der Waals surface area contributed by atoms with Crippen LogP contribution in [0.2, 0.25) is 0 Å². The van der Waals surface area contributed by atoms with E-state index in [0.717, 1.165) is 0 Å². The Morgan fingerprint density at radius 1 is 0.739 bits per heavy atom. The molecule has 0 amide bonds. The van der Waals surface area contributed by atoms with Crippen LogP contribution in [0.15, 0.2) is 56.2 Å². The molecule has 23 heavy (non-hydrogen) atoms. The van der Waals surface area contributed by atoms with Crippen LogP contribution in [0.4, 0.5) is 4.79 Å². The fourth-order valence-corrected chi connectivity index (χ4v) is 0.977. The number of aryl methyl sites for hydroxylation is 3. The largest absolute Gasteiger partial charge is 2.00 e. The molecule has 0 bridgehead atoms. The van der Waals surface area contributed by atoms with Crippen molar-refractivity contribution in [3.8, 4) is 0 Å². The first-order valence-electron chi connectivity index (χ1n) is 6.05. The molecule has 1 radical (unpaired) electrons. The zero-order chi connectivity index (χ0) is 16.8. The molecule has 0 aliphatic heterocycles. The van der Waals surface area contributed by atoms with Crippen molar-refractivity contribution in [1.29, 1.82) is 0 Å². The van der Waals surface area contributed by atoms with Crippen molar-refractivity contribution < 1.29 is 32.1 Å². The quantitative estimate of drug-likeness (QED) is 0.460. The molecule has 0 spiro atoms. The fraction of sp³-hybridized carbons (Fsp3) is 0.231. The Morgan fingerprint density at radius 3 is 1.00 bits per heavy atom. The molecule has 0 unspecified atom stereocenters. The van der Waals surface area contributed by atoms with Gasteiger partial charge in [0.2, 0.25) is 0 Å². The van der Waals surface area contributed by atoms with Gasteiger partial charge in [-0.1, -0.05) is 0 Å². The topological polar surface area (TPSA) is 117 Å². The summed E-state index contributed by atoms with van der Waals surface area (Å²) in [5.74, 6) is 0. The minimum atomic E-state index is -2.33. The molecule has 3 aromatic heterocycles. The number of imidazole rings is 3. The van der Waals surface area contributed by atoms with E-state index in [1.54, 1.807) is 37.6 Å². The van der Waals surface area contributed by atoms with E-state index in [0.29, 0.717) is 0 Å². The Labute approximate surface area is 144 Å². The van der Waals surface area contributed by atoms with Crippen molar-refractivity contribution in [1.82, 2.24) is 28.7 Å². The third-order valence-electron chi connectivity index (χ3n) is 1.91. The molecule has 3 rings (SSSR count). The Balaban J connectivity index is 0. The molecule has 0 N–H and O–H groups in total. The minimum Gasteiger partial charge on any atom is -0.652 e. The van der Waals surface area contributed by atoms with Crippen LogP contribution >= 0.6 is 0 Å². The molecular weight excluding hydrogens is 352 g/mol. The number of carboxylic acid groups (broad SMARTS) is 2. The molecule has 0 atom stereocenters. The standard InChI is InChI=1S/3C4H6N2.CH2O3.Cu/c3*1-6-3-2-5-4-6;2-1(3)4;/h3*2-4H,1H3;(H2,2,3,4);/q;;;;+2/p-2. The van der Waals surface area contributed by atoms with Crippen LogP contribution in [-0.4, -0.2) is 34.8 Å². The van der Waals surface area contributed by atoms with E-state index in [1.807, 2.05) is 53.4 Å². The maximum absolute atomic E-state index is 8.33. The molecule has 0 aromatic carbocycles. The Morgan fingerprint density at radius 2 is 0.957 bits per heavy atom. The second-order valence-corrected chi connectivity index (χ2v) is 3.93. The van der Waals surface area contributed by atoms with Gasteiger partial charge in [-0.2, -0.15) is 0 Å². The Bertz CT molecular complexity index is 501. The van der Waals surface area contributed by atoms with Gasteiger partial charge in [-0.15, -0.1) is 0 Å². The van der Waals surface area contributed by atoms with Gasteiger partial charge in [-0.05, 0) is 6.16 Å². The number of carbonyl (C=O) groups excluding carboxylic acids is 1. The van der Waals surface area contributed by atoms with Crippen LogP contribution in [-0.2, 0) is 38.2 Å². The van der Waals surface area contributed by atoms with Gasteiger partial charge in [0.25, 0.3) is 0 Å². The second kappa shape index (κ2) is 14.4. The molecule has 9 nitrogen and oxygen atoms in total. The summed E-state index contributed by atoms with van der Waals surface area (Å²) in [6.07, 6.45) is 13.8.